The zero-order valence-electron chi connectivity index (χ0n) is 12.9. The zero-order valence-corrected chi connectivity index (χ0v) is 12.9. The third kappa shape index (κ3) is 3.99. The average molecular weight is 285 g/mol. The molecule has 0 aliphatic rings. The van der Waals surface area contributed by atoms with E-state index in [-0.39, 0.29) is 6.04 Å². The van der Waals surface area contributed by atoms with E-state index in [1.54, 1.807) is 19.2 Å². The molecule has 0 amide bonds. The van der Waals surface area contributed by atoms with Crippen LogP contribution in [0.5, 0.6) is 11.5 Å². The van der Waals surface area contributed by atoms with Crippen LogP contribution in [0.1, 0.15) is 36.1 Å². The second kappa shape index (κ2) is 7.14. The third-order valence-electron chi connectivity index (χ3n) is 3.71. The molecule has 0 saturated heterocycles. The number of phenolic OH excluding ortho intramolecular Hbond substituents is 1. The van der Waals surface area contributed by atoms with E-state index in [0.717, 1.165) is 17.7 Å². The molecule has 0 bridgehead atoms. The molecule has 2 aromatic carbocycles. The molecule has 3 heteroatoms. The van der Waals surface area contributed by atoms with Crippen LogP contribution in [0.4, 0.5) is 0 Å². The van der Waals surface area contributed by atoms with Crippen molar-refractivity contribution in [2.45, 2.75) is 32.9 Å². The standard InChI is InChI=1S/C18H23NO2/c1-4-17(14-7-5-13(2)6-8-14)19-12-15-11-16(21-3)9-10-18(15)20/h5-11,17,19-20H,4,12H2,1-3H3. The molecule has 2 aromatic rings. The van der Waals surface area contributed by atoms with Crippen molar-refractivity contribution in [2.75, 3.05) is 7.11 Å². The molecule has 0 spiro atoms. The Morgan fingerprint density at radius 3 is 2.48 bits per heavy atom. The normalized spacial score (nSPS) is 12.1. The van der Waals surface area contributed by atoms with Crippen LogP contribution in [0.15, 0.2) is 42.5 Å². The van der Waals surface area contributed by atoms with Crippen LogP contribution in [0.25, 0.3) is 0 Å². The van der Waals surface area contributed by atoms with E-state index in [9.17, 15) is 5.11 Å². The summed E-state index contributed by atoms with van der Waals surface area (Å²) in [5.74, 6) is 1.05. The fourth-order valence-electron chi connectivity index (χ4n) is 2.36. The maximum absolute atomic E-state index is 9.93. The van der Waals surface area contributed by atoms with Gasteiger partial charge in [-0.3, -0.25) is 0 Å². The van der Waals surface area contributed by atoms with Crippen molar-refractivity contribution in [1.82, 2.24) is 5.32 Å². The fraction of sp³-hybridized carbons (Fsp3) is 0.333. The summed E-state index contributed by atoms with van der Waals surface area (Å²) in [4.78, 5) is 0. The molecule has 0 aliphatic heterocycles. The number of hydrogen-bond acceptors (Lipinski definition) is 3. The van der Waals surface area contributed by atoms with Crippen molar-refractivity contribution in [3.63, 3.8) is 0 Å². The maximum atomic E-state index is 9.93. The highest BCUT2D eigenvalue weighted by atomic mass is 16.5. The molecule has 0 aliphatic carbocycles. The molecule has 21 heavy (non-hydrogen) atoms. The van der Waals surface area contributed by atoms with Crippen LogP contribution in [0.2, 0.25) is 0 Å². The van der Waals surface area contributed by atoms with Gasteiger partial charge in [0.15, 0.2) is 0 Å². The van der Waals surface area contributed by atoms with Gasteiger partial charge in [0.2, 0.25) is 0 Å². The van der Waals surface area contributed by atoms with Crippen molar-refractivity contribution in [2.24, 2.45) is 0 Å². The minimum atomic E-state index is 0.274. The lowest BCUT2D eigenvalue weighted by atomic mass is 10.0. The number of rotatable bonds is 6. The fourth-order valence-corrected chi connectivity index (χ4v) is 2.36. The summed E-state index contributed by atoms with van der Waals surface area (Å²) in [6, 6.07) is 14.1. The predicted molar refractivity (Wildman–Crippen MR) is 85.7 cm³/mol. The van der Waals surface area contributed by atoms with Gasteiger partial charge in [0, 0.05) is 18.2 Å². The SMILES string of the molecule is CCC(NCc1cc(OC)ccc1O)c1ccc(C)cc1. The van der Waals surface area contributed by atoms with Crippen molar-refractivity contribution < 1.29 is 9.84 Å². The highest BCUT2D eigenvalue weighted by Gasteiger charge is 2.10. The monoisotopic (exact) mass is 285 g/mol. The van der Waals surface area contributed by atoms with E-state index >= 15 is 0 Å². The highest BCUT2D eigenvalue weighted by Crippen LogP contribution is 2.24. The van der Waals surface area contributed by atoms with Gasteiger partial charge in [0.05, 0.1) is 7.11 Å². The Morgan fingerprint density at radius 1 is 1.14 bits per heavy atom. The zero-order chi connectivity index (χ0) is 15.2. The maximum Gasteiger partial charge on any atom is 0.120 e. The molecule has 2 N–H and O–H groups in total. The Kier molecular flexibility index (Phi) is 5.23. The van der Waals surface area contributed by atoms with Crippen LogP contribution in [0.3, 0.4) is 0 Å². The molecule has 0 fully saturated rings. The molecule has 0 heterocycles. The van der Waals surface area contributed by atoms with Gasteiger partial charge in [-0.2, -0.15) is 0 Å². The third-order valence-corrected chi connectivity index (χ3v) is 3.71. The topological polar surface area (TPSA) is 41.5 Å². The summed E-state index contributed by atoms with van der Waals surface area (Å²) in [6.45, 7) is 4.85. The Balaban J connectivity index is 2.08. The second-order valence-corrected chi connectivity index (χ2v) is 5.25. The first-order valence-corrected chi connectivity index (χ1v) is 7.30. The van der Waals surface area contributed by atoms with Gasteiger partial charge in [-0.25, -0.2) is 0 Å². The summed E-state index contributed by atoms with van der Waals surface area (Å²) in [6.07, 6.45) is 0.994. The smallest absolute Gasteiger partial charge is 0.120 e. The first kappa shape index (κ1) is 15.4. The van der Waals surface area contributed by atoms with Crippen LogP contribution in [-0.4, -0.2) is 12.2 Å². The highest BCUT2D eigenvalue weighted by molar-refractivity contribution is 5.39. The summed E-state index contributed by atoms with van der Waals surface area (Å²) in [5, 5.41) is 13.4. The first-order chi connectivity index (χ1) is 10.1. The van der Waals surface area contributed by atoms with Crippen LogP contribution in [-0.2, 0) is 6.54 Å². The van der Waals surface area contributed by atoms with Crippen molar-refractivity contribution in [1.29, 1.82) is 0 Å². The van der Waals surface area contributed by atoms with Crippen molar-refractivity contribution in [3.8, 4) is 11.5 Å². The Morgan fingerprint density at radius 2 is 1.86 bits per heavy atom. The number of ether oxygens (including phenoxy) is 1. The Bertz CT molecular complexity index is 578. The lowest BCUT2D eigenvalue weighted by molar-refractivity contribution is 0.409. The van der Waals surface area contributed by atoms with Gasteiger partial charge in [-0.15, -0.1) is 0 Å². The molecule has 0 radical (unpaired) electrons. The molecule has 2 rings (SSSR count). The van der Waals surface area contributed by atoms with Crippen molar-refractivity contribution in [3.05, 3.63) is 59.2 Å². The predicted octanol–water partition coefficient (Wildman–Crippen LogP) is 3.95. The molecular formula is C18H23NO2. The van der Waals surface area contributed by atoms with Gasteiger partial charge in [0.1, 0.15) is 11.5 Å². The number of aromatic hydroxyl groups is 1. The summed E-state index contributed by atoms with van der Waals surface area (Å²) < 4.78 is 5.20. The molecule has 1 atom stereocenters. The van der Waals surface area contributed by atoms with E-state index in [2.05, 4.69) is 43.4 Å². The quantitative estimate of drug-likeness (QED) is 0.844. The average Bonchev–Trinajstić information content (AvgIpc) is 2.51. The van der Waals surface area contributed by atoms with Crippen LogP contribution >= 0.6 is 0 Å². The number of hydrogen-bond donors (Lipinski definition) is 2. The van der Waals surface area contributed by atoms with Gasteiger partial charge >= 0.3 is 0 Å². The molecule has 3 nitrogen and oxygen atoms in total. The molecule has 1 unspecified atom stereocenters. The number of aryl methyl sites for hydroxylation is 1. The lowest BCUT2D eigenvalue weighted by Gasteiger charge is -2.18. The second-order valence-electron chi connectivity index (χ2n) is 5.25. The van der Waals surface area contributed by atoms with Crippen LogP contribution in [0, 0.1) is 6.92 Å². The lowest BCUT2D eigenvalue weighted by Crippen LogP contribution is -2.20. The summed E-state index contributed by atoms with van der Waals surface area (Å²) in [5.41, 5.74) is 3.38. The van der Waals surface area contributed by atoms with E-state index in [1.165, 1.54) is 11.1 Å². The summed E-state index contributed by atoms with van der Waals surface area (Å²) in [7, 11) is 1.63. The largest absolute Gasteiger partial charge is 0.508 e. The van der Waals surface area contributed by atoms with Crippen LogP contribution < -0.4 is 10.1 Å². The molecule has 112 valence electrons. The molecule has 0 saturated carbocycles. The number of methoxy groups -OCH3 is 1. The summed E-state index contributed by atoms with van der Waals surface area (Å²) >= 11 is 0. The first-order valence-electron chi connectivity index (χ1n) is 7.30. The minimum Gasteiger partial charge on any atom is -0.508 e. The molecule has 0 aromatic heterocycles. The minimum absolute atomic E-state index is 0.274. The number of nitrogens with one attached hydrogen (secondary N) is 1. The van der Waals surface area contributed by atoms with Gasteiger partial charge < -0.3 is 15.2 Å². The van der Waals surface area contributed by atoms with E-state index in [0.29, 0.717) is 12.3 Å². The van der Waals surface area contributed by atoms with Crippen molar-refractivity contribution >= 4 is 0 Å². The molecular weight excluding hydrogens is 262 g/mol. The van der Waals surface area contributed by atoms with Gasteiger partial charge in [0.25, 0.3) is 0 Å². The number of phenols is 1. The van der Waals surface area contributed by atoms with E-state index < -0.39 is 0 Å². The van der Waals surface area contributed by atoms with Gasteiger partial charge in [-0.05, 0) is 37.1 Å². The Labute approximate surface area is 126 Å². The van der Waals surface area contributed by atoms with Gasteiger partial charge in [-0.1, -0.05) is 36.8 Å². The number of benzene rings is 2. The Hall–Kier alpha value is -2.00. The van der Waals surface area contributed by atoms with E-state index in [1.807, 2.05) is 6.07 Å². The van der Waals surface area contributed by atoms with E-state index in [4.69, 9.17) is 4.74 Å².